The summed E-state index contributed by atoms with van der Waals surface area (Å²) in [6, 6.07) is 37.1. The fraction of sp³-hybridized carbons (Fsp3) is 0.0857. The molecule has 5 aromatic rings. The van der Waals surface area contributed by atoms with Gasteiger partial charge in [-0.2, -0.15) is 0 Å². The van der Waals surface area contributed by atoms with Crippen LogP contribution in [-0.4, -0.2) is 18.9 Å². The number of ether oxygens (including phenoxy) is 2. The molecule has 0 bridgehead atoms. The number of halogens is 1. The molecule has 6 nitrogen and oxygen atoms in total. The Balaban J connectivity index is 0.000000208. The predicted octanol–water partition coefficient (Wildman–Crippen LogP) is 9.06. The molecule has 0 aliphatic heterocycles. The van der Waals surface area contributed by atoms with Gasteiger partial charge in [0.25, 0.3) is 11.8 Å². The highest BCUT2D eigenvalue weighted by molar-refractivity contribution is 9.10. The molecule has 2 amide bonds. The van der Waals surface area contributed by atoms with E-state index in [4.69, 9.17) is 9.47 Å². The van der Waals surface area contributed by atoms with Crippen LogP contribution in [0, 0.1) is 13.8 Å². The second-order valence-electron chi connectivity index (χ2n) is 9.35. The third kappa shape index (κ3) is 8.56. The van der Waals surface area contributed by atoms with Gasteiger partial charge < -0.3 is 20.1 Å². The summed E-state index contributed by atoms with van der Waals surface area (Å²) >= 11 is 3.39. The Morgan fingerprint density at radius 3 is 1.55 bits per heavy atom. The van der Waals surface area contributed by atoms with Gasteiger partial charge in [-0.3, -0.25) is 9.59 Å². The molecule has 0 spiro atoms. The molecule has 42 heavy (non-hydrogen) atoms. The highest BCUT2D eigenvalue weighted by Crippen LogP contribution is 2.28. The number of anilines is 2. The third-order valence-electron chi connectivity index (χ3n) is 6.27. The van der Waals surface area contributed by atoms with Crippen LogP contribution in [0.4, 0.5) is 11.4 Å². The summed E-state index contributed by atoms with van der Waals surface area (Å²) in [5.74, 6) is 1.88. The number of rotatable bonds is 7. The number of amides is 2. The van der Waals surface area contributed by atoms with Crippen molar-refractivity contribution in [3.63, 3.8) is 0 Å². The van der Waals surface area contributed by atoms with Crippen molar-refractivity contribution in [2.45, 2.75) is 13.8 Å². The average molecular weight is 624 g/mol. The number of carbonyl (C=O) groups is 2. The number of hydrogen-bond acceptors (Lipinski definition) is 4. The van der Waals surface area contributed by atoms with Crippen molar-refractivity contribution in [1.29, 1.82) is 0 Å². The zero-order valence-corrected chi connectivity index (χ0v) is 25.1. The lowest BCUT2D eigenvalue weighted by Crippen LogP contribution is -2.12. The first-order valence-corrected chi connectivity index (χ1v) is 14.0. The van der Waals surface area contributed by atoms with Gasteiger partial charge in [-0.25, -0.2) is 0 Å². The van der Waals surface area contributed by atoms with E-state index in [0.717, 1.165) is 32.7 Å². The predicted molar refractivity (Wildman–Crippen MR) is 172 cm³/mol. The summed E-state index contributed by atoms with van der Waals surface area (Å²) < 4.78 is 11.9. The van der Waals surface area contributed by atoms with Crippen LogP contribution in [0.3, 0.4) is 0 Å². The maximum Gasteiger partial charge on any atom is 0.255 e. The van der Waals surface area contributed by atoms with Crippen LogP contribution in [0.15, 0.2) is 126 Å². The Morgan fingerprint density at radius 1 is 0.571 bits per heavy atom. The van der Waals surface area contributed by atoms with Gasteiger partial charge in [0.15, 0.2) is 0 Å². The lowest BCUT2D eigenvalue weighted by Gasteiger charge is -2.12. The van der Waals surface area contributed by atoms with Crippen LogP contribution in [0.2, 0.25) is 0 Å². The van der Waals surface area contributed by atoms with Gasteiger partial charge in [0, 0.05) is 33.0 Å². The topological polar surface area (TPSA) is 76.7 Å². The molecule has 0 aliphatic rings. The minimum atomic E-state index is -0.148. The van der Waals surface area contributed by atoms with Gasteiger partial charge in [0.05, 0.1) is 7.11 Å². The van der Waals surface area contributed by atoms with Crippen molar-refractivity contribution in [3.8, 4) is 17.2 Å². The fourth-order valence-electron chi connectivity index (χ4n) is 3.88. The third-order valence-corrected chi connectivity index (χ3v) is 6.77. The van der Waals surface area contributed by atoms with Crippen LogP contribution in [0.5, 0.6) is 17.2 Å². The molecular weight excluding hydrogens is 592 g/mol. The van der Waals surface area contributed by atoms with E-state index in [1.165, 1.54) is 0 Å². The molecule has 0 aliphatic carbocycles. The van der Waals surface area contributed by atoms with Crippen LogP contribution >= 0.6 is 15.9 Å². The van der Waals surface area contributed by atoms with Crippen molar-refractivity contribution in [1.82, 2.24) is 0 Å². The minimum Gasteiger partial charge on any atom is -0.497 e. The Kier molecular flexibility index (Phi) is 10.5. The summed E-state index contributed by atoms with van der Waals surface area (Å²) in [5.41, 5.74) is 4.83. The lowest BCUT2D eigenvalue weighted by atomic mass is 10.1. The van der Waals surface area contributed by atoms with Gasteiger partial charge >= 0.3 is 0 Å². The molecule has 0 radical (unpaired) electrons. The van der Waals surface area contributed by atoms with Crippen LogP contribution < -0.4 is 20.1 Å². The molecule has 0 saturated heterocycles. The molecule has 5 aromatic carbocycles. The number of aryl methyl sites for hydroxylation is 2. The summed E-state index contributed by atoms with van der Waals surface area (Å²) in [5, 5.41) is 5.83. The number of benzene rings is 5. The standard InChI is InChI=1S/C21H19NO3.C14H12BrNO/c1-15-8-9-19(25-18-12-10-17(24-2)11-13-18)14-20(15)22-21(23)16-6-4-3-5-7-16;1-10-7-8-12(15)9-13(10)16-14(17)11-5-3-2-4-6-11/h3-14H,1-2H3,(H,22,23);2-9H,1H3,(H,16,17). The summed E-state index contributed by atoms with van der Waals surface area (Å²) in [7, 11) is 1.62. The molecule has 7 heteroatoms. The van der Waals surface area contributed by atoms with E-state index in [-0.39, 0.29) is 11.8 Å². The minimum absolute atomic E-state index is 0.0909. The highest BCUT2D eigenvalue weighted by Gasteiger charge is 2.09. The van der Waals surface area contributed by atoms with Gasteiger partial charge in [-0.15, -0.1) is 0 Å². The monoisotopic (exact) mass is 622 g/mol. The quantitative estimate of drug-likeness (QED) is 0.190. The highest BCUT2D eigenvalue weighted by atomic mass is 79.9. The molecule has 0 aromatic heterocycles. The van der Waals surface area contributed by atoms with E-state index in [1.807, 2.05) is 111 Å². The van der Waals surface area contributed by atoms with Crippen molar-refractivity contribution >= 4 is 39.1 Å². The molecule has 0 saturated carbocycles. The lowest BCUT2D eigenvalue weighted by molar-refractivity contribution is 0.101. The van der Waals surface area contributed by atoms with Gasteiger partial charge in [-0.1, -0.05) is 64.5 Å². The fourth-order valence-corrected chi connectivity index (χ4v) is 4.24. The zero-order chi connectivity index (χ0) is 29.9. The largest absolute Gasteiger partial charge is 0.497 e. The SMILES string of the molecule is COc1ccc(Oc2ccc(C)c(NC(=O)c3ccccc3)c2)cc1.Cc1ccc(Br)cc1NC(=O)c1ccccc1. The van der Waals surface area contributed by atoms with E-state index in [0.29, 0.717) is 22.6 Å². The maximum absolute atomic E-state index is 12.3. The number of hydrogen-bond donors (Lipinski definition) is 2. The average Bonchev–Trinajstić information content (AvgIpc) is 3.02. The second-order valence-corrected chi connectivity index (χ2v) is 10.3. The molecule has 0 atom stereocenters. The molecule has 0 heterocycles. The van der Waals surface area contributed by atoms with Gasteiger partial charge in [-0.05, 0) is 91.7 Å². The van der Waals surface area contributed by atoms with Crippen LogP contribution in [-0.2, 0) is 0 Å². The van der Waals surface area contributed by atoms with Gasteiger partial charge in [0.1, 0.15) is 17.2 Å². The molecule has 212 valence electrons. The van der Waals surface area contributed by atoms with Crippen molar-refractivity contribution < 1.29 is 19.1 Å². The molecule has 0 unspecified atom stereocenters. The van der Waals surface area contributed by atoms with E-state index in [2.05, 4.69) is 26.6 Å². The Bertz CT molecular complexity index is 1640. The molecule has 0 fully saturated rings. The molecular formula is C35H31BrN2O4. The summed E-state index contributed by atoms with van der Waals surface area (Å²) in [6.07, 6.45) is 0. The van der Waals surface area contributed by atoms with E-state index >= 15 is 0 Å². The van der Waals surface area contributed by atoms with Crippen LogP contribution in [0.1, 0.15) is 31.8 Å². The summed E-state index contributed by atoms with van der Waals surface area (Å²) in [4.78, 5) is 24.3. The first kappa shape index (κ1) is 30.1. The Morgan fingerprint density at radius 2 is 1.02 bits per heavy atom. The van der Waals surface area contributed by atoms with Crippen molar-refractivity contribution in [2.24, 2.45) is 0 Å². The first-order valence-electron chi connectivity index (χ1n) is 13.2. The summed E-state index contributed by atoms with van der Waals surface area (Å²) in [6.45, 7) is 3.91. The molecule has 2 N–H and O–H groups in total. The number of nitrogens with one attached hydrogen (secondary N) is 2. The van der Waals surface area contributed by atoms with Crippen LogP contribution in [0.25, 0.3) is 0 Å². The van der Waals surface area contributed by atoms with Crippen molar-refractivity contribution in [3.05, 3.63) is 148 Å². The smallest absolute Gasteiger partial charge is 0.255 e. The van der Waals surface area contributed by atoms with E-state index in [9.17, 15) is 9.59 Å². The van der Waals surface area contributed by atoms with E-state index < -0.39 is 0 Å². The number of carbonyl (C=O) groups excluding carboxylic acids is 2. The zero-order valence-electron chi connectivity index (χ0n) is 23.6. The Labute approximate surface area is 254 Å². The van der Waals surface area contributed by atoms with E-state index in [1.54, 1.807) is 31.4 Å². The second kappa shape index (κ2) is 14.7. The Hall–Kier alpha value is -4.88. The normalized spacial score (nSPS) is 10.1. The number of methoxy groups -OCH3 is 1. The van der Waals surface area contributed by atoms with Crippen molar-refractivity contribution in [2.75, 3.05) is 17.7 Å². The maximum atomic E-state index is 12.3. The van der Waals surface area contributed by atoms with Gasteiger partial charge in [0.2, 0.25) is 0 Å². The molecule has 5 rings (SSSR count). The first-order chi connectivity index (χ1) is 20.3.